The van der Waals surface area contributed by atoms with Gasteiger partial charge in [0.2, 0.25) is 0 Å². The van der Waals surface area contributed by atoms with E-state index in [0.717, 1.165) is 39.1 Å². The number of nitrogens with zero attached hydrogens (tertiary/aromatic N) is 3. The molecule has 0 atom stereocenters. The number of rotatable bonds is 3. The minimum Gasteiger partial charge on any atom is -0.291 e. The first-order chi connectivity index (χ1) is 23.8. The SMILES string of the molecule is CC.c1ccc(-c2nc3ccccc3nc2-n2c3cc4ccccc4cc3c3cccc(-c4ccc5sc6ccccc6c5c4)c32)cc1. The molecular formula is C44H31N3S. The van der Waals surface area contributed by atoms with Crippen molar-refractivity contribution in [3.05, 3.63) is 152 Å². The molecule has 0 aliphatic rings. The highest BCUT2D eigenvalue weighted by atomic mass is 32.1. The predicted octanol–water partition coefficient (Wildman–Crippen LogP) is 12.6. The molecule has 0 fully saturated rings. The van der Waals surface area contributed by atoms with Crippen LogP contribution >= 0.6 is 11.3 Å². The molecule has 0 saturated carbocycles. The summed E-state index contributed by atoms with van der Waals surface area (Å²) in [4.78, 5) is 10.7. The van der Waals surface area contributed by atoms with Crippen LogP contribution in [0.1, 0.15) is 13.8 Å². The third kappa shape index (κ3) is 4.41. The monoisotopic (exact) mass is 633 g/mol. The third-order valence-electron chi connectivity index (χ3n) is 9.15. The second-order valence-corrected chi connectivity index (χ2v) is 12.9. The number of thiophene rings is 1. The Labute approximate surface area is 282 Å². The normalized spacial score (nSPS) is 11.5. The number of aromatic nitrogens is 3. The van der Waals surface area contributed by atoms with Gasteiger partial charge < -0.3 is 0 Å². The van der Waals surface area contributed by atoms with Gasteiger partial charge in [-0.2, -0.15) is 0 Å². The Bertz CT molecular complexity index is 2810. The van der Waals surface area contributed by atoms with Crippen LogP contribution in [0, 0.1) is 0 Å². The van der Waals surface area contributed by atoms with Gasteiger partial charge >= 0.3 is 0 Å². The molecule has 0 aliphatic carbocycles. The molecule has 3 aromatic heterocycles. The summed E-state index contributed by atoms with van der Waals surface area (Å²) in [7, 11) is 0. The van der Waals surface area contributed by atoms with Crippen molar-refractivity contribution in [3.63, 3.8) is 0 Å². The molecule has 228 valence electrons. The maximum Gasteiger partial charge on any atom is 0.165 e. The smallest absolute Gasteiger partial charge is 0.165 e. The molecule has 3 nitrogen and oxygen atoms in total. The van der Waals surface area contributed by atoms with Crippen LogP contribution in [0.25, 0.3) is 92.0 Å². The summed E-state index contributed by atoms with van der Waals surface area (Å²) in [5.41, 5.74) is 8.26. The number of benzene rings is 7. The Kier molecular flexibility index (Phi) is 6.77. The van der Waals surface area contributed by atoms with Gasteiger partial charge in [0, 0.05) is 42.1 Å². The highest BCUT2D eigenvalue weighted by molar-refractivity contribution is 7.25. The minimum atomic E-state index is 0.828. The van der Waals surface area contributed by atoms with E-state index in [1.165, 1.54) is 52.8 Å². The van der Waals surface area contributed by atoms with Crippen molar-refractivity contribution in [1.82, 2.24) is 14.5 Å². The first-order valence-corrected chi connectivity index (χ1v) is 17.3. The van der Waals surface area contributed by atoms with E-state index in [0.29, 0.717) is 0 Å². The highest BCUT2D eigenvalue weighted by Crippen LogP contribution is 2.43. The average Bonchev–Trinajstić information content (AvgIpc) is 3.69. The van der Waals surface area contributed by atoms with E-state index >= 15 is 0 Å². The zero-order chi connectivity index (χ0) is 32.2. The van der Waals surface area contributed by atoms with Crippen molar-refractivity contribution >= 4 is 75.1 Å². The number of hydrogen-bond acceptors (Lipinski definition) is 3. The van der Waals surface area contributed by atoms with E-state index in [4.69, 9.17) is 9.97 Å². The van der Waals surface area contributed by atoms with Gasteiger partial charge in [-0.05, 0) is 58.8 Å². The predicted molar refractivity (Wildman–Crippen MR) is 206 cm³/mol. The largest absolute Gasteiger partial charge is 0.291 e. The first-order valence-electron chi connectivity index (χ1n) is 16.5. The third-order valence-corrected chi connectivity index (χ3v) is 10.3. The summed E-state index contributed by atoms with van der Waals surface area (Å²) in [5.74, 6) is 0.828. The molecular weight excluding hydrogens is 603 g/mol. The van der Waals surface area contributed by atoms with Crippen LogP contribution in [0.2, 0.25) is 0 Å². The molecule has 7 aromatic carbocycles. The standard InChI is InChI=1S/C42H25N3S.C2H6/c1-2-11-26(12-3-1)40-42(44-36-19-8-7-18-35(36)43-40)45-37-25-28-14-5-4-13-27(28)23-33(37)32-17-10-16-30(41(32)45)29-21-22-39-34(24-29)31-15-6-9-20-38(31)46-39;1-2/h1-25H;1-2H3. The van der Waals surface area contributed by atoms with E-state index in [9.17, 15) is 0 Å². The molecule has 0 N–H and O–H groups in total. The van der Waals surface area contributed by atoms with Gasteiger partial charge in [0.1, 0.15) is 5.69 Å². The number of para-hydroxylation sites is 3. The fourth-order valence-corrected chi connectivity index (χ4v) is 8.12. The molecule has 10 rings (SSSR count). The van der Waals surface area contributed by atoms with Gasteiger partial charge in [-0.1, -0.05) is 123 Å². The van der Waals surface area contributed by atoms with E-state index < -0.39 is 0 Å². The zero-order valence-corrected chi connectivity index (χ0v) is 27.5. The molecule has 48 heavy (non-hydrogen) atoms. The van der Waals surface area contributed by atoms with Crippen molar-refractivity contribution in [3.8, 4) is 28.2 Å². The van der Waals surface area contributed by atoms with Gasteiger partial charge in [-0.15, -0.1) is 11.3 Å². The van der Waals surface area contributed by atoms with Gasteiger partial charge in [0.15, 0.2) is 5.82 Å². The lowest BCUT2D eigenvalue weighted by molar-refractivity contribution is 1.08. The fourth-order valence-electron chi connectivity index (χ4n) is 7.03. The van der Waals surface area contributed by atoms with Crippen molar-refractivity contribution < 1.29 is 0 Å². The van der Waals surface area contributed by atoms with Crippen molar-refractivity contribution in [2.75, 3.05) is 0 Å². The van der Waals surface area contributed by atoms with Gasteiger partial charge in [-0.3, -0.25) is 4.57 Å². The van der Waals surface area contributed by atoms with Crippen LogP contribution in [0.3, 0.4) is 0 Å². The minimum absolute atomic E-state index is 0.828. The fraction of sp³-hybridized carbons (Fsp3) is 0.0455. The topological polar surface area (TPSA) is 30.7 Å². The van der Waals surface area contributed by atoms with Crippen LogP contribution in [0.15, 0.2) is 152 Å². The molecule has 3 heterocycles. The highest BCUT2D eigenvalue weighted by Gasteiger charge is 2.22. The molecule has 0 radical (unpaired) electrons. The Hall–Kier alpha value is -5.84. The lowest BCUT2D eigenvalue weighted by atomic mass is 9.99. The molecule has 10 aromatic rings. The quantitative estimate of drug-likeness (QED) is 0.194. The lowest BCUT2D eigenvalue weighted by Gasteiger charge is -2.15. The molecule has 0 aliphatic heterocycles. The van der Waals surface area contributed by atoms with E-state index in [1.54, 1.807) is 0 Å². The Morgan fingerprint density at radius 1 is 0.479 bits per heavy atom. The van der Waals surface area contributed by atoms with Crippen LogP contribution in [-0.4, -0.2) is 14.5 Å². The number of hydrogen-bond donors (Lipinski definition) is 0. The van der Waals surface area contributed by atoms with Crippen LogP contribution in [0.4, 0.5) is 0 Å². The summed E-state index contributed by atoms with van der Waals surface area (Å²) in [5, 5.41) is 7.41. The molecule has 0 spiro atoms. The van der Waals surface area contributed by atoms with Crippen molar-refractivity contribution in [1.29, 1.82) is 0 Å². The molecule has 0 unspecified atom stereocenters. The van der Waals surface area contributed by atoms with Gasteiger partial charge in [0.25, 0.3) is 0 Å². The Morgan fingerprint density at radius 2 is 1.15 bits per heavy atom. The van der Waals surface area contributed by atoms with E-state index in [1.807, 2.05) is 49.4 Å². The lowest BCUT2D eigenvalue weighted by Crippen LogP contribution is -2.04. The van der Waals surface area contributed by atoms with Crippen LogP contribution in [0.5, 0.6) is 0 Å². The summed E-state index contributed by atoms with van der Waals surface area (Å²) in [6.45, 7) is 4.00. The van der Waals surface area contributed by atoms with Gasteiger partial charge in [-0.25, -0.2) is 9.97 Å². The summed E-state index contributed by atoms with van der Waals surface area (Å²) >= 11 is 1.85. The molecule has 0 amide bonds. The number of fused-ring (bicyclic) bond motifs is 8. The molecule has 4 heteroatoms. The Morgan fingerprint density at radius 3 is 1.98 bits per heavy atom. The first kappa shape index (κ1) is 28.4. The van der Waals surface area contributed by atoms with Crippen LogP contribution in [-0.2, 0) is 0 Å². The average molecular weight is 634 g/mol. The van der Waals surface area contributed by atoms with E-state index in [2.05, 4.69) is 132 Å². The summed E-state index contributed by atoms with van der Waals surface area (Å²) in [6, 6.07) is 54.2. The maximum absolute atomic E-state index is 5.39. The van der Waals surface area contributed by atoms with Crippen molar-refractivity contribution in [2.24, 2.45) is 0 Å². The second-order valence-electron chi connectivity index (χ2n) is 11.8. The van der Waals surface area contributed by atoms with Crippen molar-refractivity contribution in [2.45, 2.75) is 13.8 Å². The van der Waals surface area contributed by atoms with Gasteiger partial charge in [0.05, 0.1) is 22.1 Å². The Balaban J connectivity index is 0.00000154. The molecule has 0 saturated heterocycles. The second kappa shape index (κ2) is 11.4. The van der Waals surface area contributed by atoms with Crippen LogP contribution < -0.4 is 0 Å². The van der Waals surface area contributed by atoms with E-state index in [-0.39, 0.29) is 0 Å². The molecule has 0 bridgehead atoms. The zero-order valence-electron chi connectivity index (χ0n) is 26.7. The summed E-state index contributed by atoms with van der Waals surface area (Å²) in [6.07, 6.45) is 0. The maximum atomic E-state index is 5.39. The summed E-state index contributed by atoms with van der Waals surface area (Å²) < 4.78 is 4.98.